The lowest BCUT2D eigenvalue weighted by Crippen LogP contribution is -2.18. The lowest BCUT2D eigenvalue weighted by atomic mass is 10.4. The van der Waals surface area contributed by atoms with Gasteiger partial charge in [0.05, 0.1) is 30.9 Å². The number of rotatable bonds is 5. The Morgan fingerprint density at radius 1 is 1.35 bits per heavy atom. The highest BCUT2D eigenvalue weighted by Crippen LogP contribution is 2.11. The van der Waals surface area contributed by atoms with Gasteiger partial charge in [-0.25, -0.2) is 4.98 Å². The predicted octanol–water partition coefficient (Wildman–Crippen LogP) is 1.43. The van der Waals surface area contributed by atoms with E-state index < -0.39 is 0 Å². The maximum absolute atomic E-state index is 5.29. The molecule has 5 nitrogen and oxygen atoms in total. The predicted molar refractivity (Wildman–Crippen MR) is 65.6 cm³/mol. The van der Waals surface area contributed by atoms with Crippen molar-refractivity contribution in [3.63, 3.8) is 0 Å². The molecule has 0 radical (unpaired) electrons. The fraction of sp³-hybridized carbons (Fsp3) is 0.333. The minimum absolute atomic E-state index is 0.688. The summed E-state index contributed by atoms with van der Waals surface area (Å²) in [5.74, 6) is 1.75. The van der Waals surface area contributed by atoms with Crippen LogP contribution in [0.5, 0.6) is 0 Å². The molecule has 17 heavy (non-hydrogen) atoms. The van der Waals surface area contributed by atoms with Gasteiger partial charge >= 0.3 is 0 Å². The van der Waals surface area contributed by atoms with Crippen LogP contribution in [-0.2, 0) is 13.1 Å². The lowest BCUT2D eigenvalue weighted by Gasteiger charge is -2.16. The molecule has 2 aromatic heterocycles. The van der Waals surface area contributed by atoms with Crippen molar-refractivity contribution in [3.05, 3.63) is 42.2 Å². The Hall–Kier alpha value is -1.88. The Morgan fingerprint density at radius 2 is 2.24 bits per heavy atom. The standard InChI is InChI=1S/C12H16N4O/c1-13-6-10-7-15-12(8-14-10)16(2)9-11-4-3-5-17-11/h3-5,7-8,13H,6,9H2,1-2H3. The van der Waals surface area contributed by atoms with Crippen LogP contribution in [0.3, 0.4) is 0 Å². The van der Waals surface area contributed by atoms with Crippen LogP contribution in [0.25, 0.3) is 0 Å². The van der Waals surface area contributed by atoms with Gasteiger partial charge in [0, 0.05) is 13.6 Å². The summed E-state index contributed by atoms with van der Waals surface area (Å²) in [4.78, 5) is 10.7. The third-order valence-electron chi connectivity index (χ3n) is 2.41. The summed E-state index contributed by atoms with van der Waals surface area (Å²) in [7, 11) is 3.85. The molecule has 0 saturated heterocycles. The first kappa shape index (κ1) is 11.6. The maximum Gasteiger partial charge on any atom is 0.147 e. The summed E-state index contributed by atoms with van der Waals surface area (Å²) in [5, 5.41) is 3.04. The molecule has 0 aliphatic rings. The average Bonchev–Trinajstić information content (AvgIpc) is 2.83. The summed E-state index contributed by atoms with van der Waals surface area (Å²) >= 11 is 0. The van der Waals surface area contributed by atoms with E-state index in [4.69, 9.17) is 4.42 Å². The van der Waals surface area contributed by atoms with Crippen molar-refractivity contribution in [1.29, 1.82) is 0 Å². The molecule has 2 heterocycles. The molecule has 0 fully saturated rings. The van der Waals surface area contributed by atoms with Gasteiger partial charge < -0.3 is 14.6 Å². The van der Waals surface area contributed by atoms with Gasteiger partial charge in [-0.05, 0) is 19.2 Å². The van der Waals surface area contributed by atoms with E-state index in [9.17, 15) is 0 Å². The normalized spacial score (nSPS) is 10.5. The summed E-state index contributed by atoms with van der Waals surface area (Å²) in [6.07, 6.45) is 5.23. The second-order valence-electron chi connectivity index (χ2n) is 3.83. The van der Waals surface area contributed by atoms with Crippen LogP contribution in [-0.4, -0.2) is 24.1 Å². The minimum atomic E-state index is 0.688. The van der Waals surface area contributed by atoms with E-state index in [1.54, 1.807) is 18.7 Å². The summed E-state index contributed by atoms with van der Waals surface area (Å²) in [6.45, 7) is 1.42. The Morgan fingerprint density at radius 3 is 2.82 bits per heavy atom. The van der Waals surface area contributed by atoms with Crippen LogP contribution in [0.1, 0.15) is 11.5 Å². The molecule has 0 aliphatic heterocycles. The van der Waals surface area contributed by atoms with Gasteiger partial charge in [-0.2, -0.15) is 0 Å². The van der Waals surface area contributed by atoms with Crippen molar-refractivity contribution in [3.8, 4) is 0 Å². The van der Waals surface area contributed by atoms with Crippen molar-refractivity contribution >= 4 is 5.82 Å². The zero-order valence-electron chi connectivity index (χ0n) is 10.1. The van der Waals surface area contributed by atoms with E-state index in [-0.39, 0.29) is 0 Å². The van der Waals surface area contributed by atoms with Gasteiger partial charge in [-0.15, -0.1) is 0 Å². The molecule has 90 valence electrons. The number of furan rings is 1. The summed E-state index contributed by atoms with van der Waals surface area (Å²) in [5.41, 5.74) is 0.933. The van der Waals surface area contributed by atoms with Gasteiger partial charge in [-0.3, -0.25) is 4.98 Å². The number of hydrogen-bond donors (Lipinski definition) is 1. The second kappa shape index (κ2) is 5.45. The molecule has 0 aliphatic carbocycles. The first-order valence-corrected chi connectivity index (χ1v) is 5.48. The Bertz CT molecular complexity index is 438. The molecule has 2 rings (SSSR count). The van der Waals surface area contributed by atoms with E-state index in [0.29, 0.717) is 6.54 Å². The van der Waals surface area contributed by atoms with E-state index >= 15 is 0 Å². The smallest absolute Gasteiger partial charge is 0.147 e. The Balaban J connectivity index is 2.01. The van der Waals surface area contributed by atoms with E-state index in [2.05, 4.69) is 15.3 Å². The number of nitrogens with zero attached hydrogens (tertiary/aromatic N) is 3. The summed E-state index contributed by atoms with van der Waals surface area (Å²) < 4.78 is 5.29. The third kappa shape index (κ3) is 3.04. The molecule has 0 bridgehead atoms. The van der Waals surface area contributed by atoms with Crippen LogP contribution in [0.2, 0.25) is 0 Å². The lowest BCUT2D eigenvalue weighted by molar-refractivity contribution is 0.507. The fourth-order valence-corrected chi connectivity index (χ4v) is 1.53. The molecular weight excluding hydrogens is 216 g/mol. The van der Waals surface area contributed by atoms with Crippen molar-refractivity contribution < 1.29 is 4.42 Å². The van der Waals surface area contributed by atoms with E-state index in [1.807, 2.05) is 31.1 Å². The fourth-order valence-electron chi connectivity index (χ4n) is 1.53. The van der Waals surface area contributed by atoms with Gasteiger partial charge in [-0.1, -0.05) is 0 Å². The number of hydrogen-bond acceptors (Lipinski definition) is 5. The van der Waals surface area contributed by atoms with Crippen LogP contribution < -0.4 is 10.2 Å². The molecule has 0 saturated carbocycles. The van der Waals surface area contributed by atoms with Crippen molar-refractivity contribution in [2.24, 2.45) is 0 Å². The molecule has 0 aromatic carbocycles. The molecule has 0 atom stereocenters. The number of aromatic nitrogens is 2. The van der Waals surface area contributed by atoms with Crippen LogP contribution >= 0.6 is 0 Å². The average molecular weight is 232 g/mol. The molecule has 5 heteroatoms. The van der Waals surface area contributed by atoms with Crippen LogP contribution in [0.15, 0.2) is 35.2 Å². The quantitative estimate of drug-likeness (QED) is 0.845. The molecule has 2 aromatic rings. The van der Waals surface area contributed by atoms with Gasteiger partial charge in [0.25, 0.3) is 0 Å². The number of anilines is 1. The molecular formula is C12H16N4O. The zero-order valence-corrected chi connectivity index (χ0v) is 10.1. The highest BCUT2D eigenvalue weighted by molar-refractivity contribution is 5.34. The Kier molecular flexibility index (Phi) is 3.72. The highest BCUT2D eigenvalue weighted by atomic mass is 16.3. The number of nitrogens with one attached hydrogen (secondary N) is 1. The second-order valence-corrected chi connectivity index (χ2v) is 3.83. The highest BCUT2D eigenvalue weighted by Gasteiger charge is 2.05. The van der Waals surface area contributed by atoms with E-state index in [1.165, 1.54) is 0 Å². The monoisotopic (exact) mass is 232 g/mol. The van der Waals surface area contributed by atoms with Crippen LogP contribution in [0, 0.1) is 0 Å². The van der Waals surface area contributed by atoms with Gasteiger partial charge in [0.1, 0.15) is 11.6 Å². The SMILES string of the molecule is CNCc1cnc(N(C)Cc2ccco2)cn1. The van der Waals surface area contributed by atoms with Crippen LogP contribution in [0.4, 0.5) is 5.82 Å². The third-order valence-corrected chi connectivity index (χ3v) is 2.41. The minimum Gasteiger partial charge on any atom is -0.467 e. The van der Waals surface area contributed by atoms with Crippen molar-refractivity contribution in [2.45, 2.75) is 13.1 Å². The first-order valence-electron chi connectivity index (χ1n) is 5.48. The largest absolute Gasteiger partial charge is 0.467 e. The molecule has 0 unspecified atom stereocenters. The van der Waals surface area contributed by atoms with Gasteiger partial charge in [0.2, 0.25) is 0 Å². The van der Waals surface area contributed by atoms with E-state index in [0.717, 1.165) is 23.8 Å². The Labute approximate surface area is 100 Å². The first-order chi connectivity index (χ1) is 8.29. The summed E-state index contributed by atoms with van der Waals surface area (Å²) in [6, 6.07) is 3.82. The molecule has 0 amide bonds. The van der Waals surface area contributed by atoms with Crippen molar-refractivity contribution in [2.75, 3.05) is 19.0 Å². The molecule has 1 N–H and O–H groups in total. The maximum atomic E-state index is 5.29. The molecule has 0 spiro atoms. The zero-order chi connectivity index (χ0) is 12.1. The van der Waals surface area contributed by atoms with Crippen molar-refractivity contribution in [1.82, 2.24) is 15.3 Å². The topological polar surface area (TPSA) is 54.2 Å². The van der Waals surface area contributed by atoms with Gasteiger partial charge in [0.15, 0.2) is 0 Å².